The molecule has 1 fully saturated rings. The summed E-state index contributed by atoms with van der Waals surface area (Å²) in [5, 5.41) is 0.713. The van der Waals surface area contributed by atoms with Gasteiger partial charge in [-0.2, -0.15) is 13.2 Å². The zero-order valence-corrected chi connectivity index (χ0v) is 13.9. The summed E-state index contributed by atoms with van der Waals surface area (Å²) in [6.45, 7) is 0.632. The quantitative estimate of drug-likeness (QED) is 0.685. The third-order valence-corrected chi connectivity index (χ3v) is 4.25. The van der Waals surface area contributed by atoms with Crippen molar-refractivity contribution in [2.24, 2.45) is 0 Å². The number of nitrogens with zero attached hydrogens (tertiary/aromatic N) is 6. The minimum absolute atomic E-state index is 0.00924. The fourth-order valence-corrected chi connectivity index (χ4v) is 3.00. The van der Waals surface area contributed by atoms with Crippen LogP contribution >= 0.6 is 0 Å². The fourth-order valence-electron chi connectivity index (χ4n) is 3.00. The molecule has 7 nitrogen and oxygen atoms in total. The van der Waals surface area contributed by atoms with Crippen LogP contribution in [0.4, 0.5) is 24.7 Å². The first-order valence-electron chi connectivity index (χ1n) is 8.08. The number of carbonyl (C=O) groups excluding carboxylic acids is 1. The van der Waals surface area contributed by atoms with Gasteiger partial charge in [0.15, 0.2) is 5.65 Å². The Balaban J connectivity index is 1.59. The van der Waals surface area contributed by atoms with Crippen molar-refractivity contribution in [3.8, 4) is 0 Å². The van der Waals surface area contributed by atoms with Gasteiger partial charge in [-0.3, -0.25) is 9.78 Å². The van der Waals surface area contributed by atoms with Crippen LogP contribution in [-0.2, 0) is 11.0 Å². The van der Waals surface area contributed by atoms with E-state index >= 15 is 0 Å². The van der Waals surface area contributed by atoms with Crippen LogP contribution in [0.1, 0.15) is 5.69 Å². The molecular weight excluding hydrogens is 361 g/mol. The van der Waals surface area contributed by atoms with Crippen LogP contribution in [0, 0.1) is 0 Å². The Morgan fingerprint density at radius 2 is 1.85 bits per heavy atom. The van der Waals surface area contributed by atoms with Crippen LogP contribution in [0.25, 0.3) is 11.0 Å². The molecule has 1 aliphatic rings. The summed E-state index contributed by atoms with van der Waals surface area (Å²) in [6, 6.07) is 5.85. The summed E-state index contributed by atoms with van der Waals surface area (Å²) in [5.74, 6) is 0.253. The largest absolute Gasteiger partial charge is 0.433 e. The van der Waals surface area contributed by atoms with Gasteiger partial charge in [-0.05, 0) is 24.3 Å². The molecule has 27 heavy (non-hydrogen) atoms. The van der Waals surface area contributed by atoms with Crippen molar-refractivity contribution in [3.05, 3.63) is 48.7 Å². The van der Waals surface area contributed by atoms with Gasteiger partial charge in [0.05, 0.1) is 11.9 Å². The first-order valence-corrected chi connectivity index (χ1v) is 8.08. The van der Waals surface area contributed by atoms with E-state index in [-0.39, 0.29) is 24.7 Å². The SMILES string of the molecule is O=C1CN(c2ncnc3ncccc23)CCN1c1ccnc(C(F)(F)F)c1. The Morgan fingerprint density at radius 3 is 2.63 bits per heavy atom. The smallest absolute Gasteiger partial charge is 0.345 e. The van der Waals surface area contributed by atoms with E-state index in [9.17, 15) is 18.0 Å². The lowest BCUT2D eigenvalue weighted by molar-refractivity contribution is -0.141. The van der Waals surface area contributed by atoms with Crippen molar-refractivity contribution in [3.63, 3.8) is 0 Å². The Morgan fingerprint density at radius 1 is 1.00 bits per heavy atom. The Kier molecular flexibility index (Phi) is 4.09. The number of pyridine rings is 2. The molecular formula is C17H13F3N6O. The van der Waals surface area contributed by atoms with Crippen molar-refractivity contribution in [2.75, 3.05) is 29.4 Å². The number of halogens is 3. The fraction of sp³-hybridized carbons (Fsp3) is 0.235. The second-order valence-corrected chi connectivity index (χ2v) is 5.94. The number of hydrogen-bond donors (Lipinski definition) is 0. The highest BCUT2D eigenvalue weighted by Gasteiger charge is 2.34. The number of fused-ring (bicyclic) bond motifs is 1. The van der Waals surface area contributed by atoms with E-state index < -0.39 is 11.9 Å². The molecule has 138 valence electrons. The molecule has 0 radical (unpaired) electrons. The van der Waals surface area contributed by atoms with Crippen LogP contribution in [0.3, 0.4) is 0 Å². The predicted molar refractivity (Wildman–Crippen MR) is 91.1 cm³/mol. The van der Waals surface area contributed by atoms with Crippen LogP contribution < -0.4 is 9.80 Å². The van der Waals surface area contributed by atoms with Gasteiger partial charge in [-0.15, -0.1) is 0 Å². The van der Waals surface area contributed by atoms with Crippen molar-refractivity contribution in [1.82, 2.24) is 19.9 Å². The zero-order valence-electron chi connectivity index (χ0n) is 13.9. The Bertz CT molecular complexity index is 1000. The number of piperazine rings is 1. The van der Waals surface area contributed by atoms with Crippen molar-refractivity contribution in [2.45, 2.75) is 6.18 Å². The summed E-state index contributed by atoms with van der Waals surface area (Å²) in [7, 11) is 0. The topological polar surface area (TPSA) is 75.1 Å². The molecule has 0 unspecified atom stereocenters. The summed E-state index contributed by atoms with van der Waals surface area (Å²) in [5.41, 5.74) is -0.333. The van der Waals surface area contributed by atoms with Gasteiger partial charge in [0.25, 0.3) is 0 Å². The van der Waals surface area contributed by atoms with E-state index in [2.05, 4.69) is 19.9 Å². The molecule has 1 amide bonds. The number of rotatable bonds is 2. The third-order valence-electron chi connectivity index (χ3n) is 4.25. The number of carbonyl (C=O) groups is 1. The molecule has 0 bridgehead atoms. The van der Waals surface area contributed by atoms with Crippen molar-refractivity contribution >= 4 is 28.4 Å². The minimum Gasteiger partial charge on any atom is -0.345 e. The lowest BCUT2D eigenvalue weighted by Gasteiger charge is -2.35. The number of hydrogen-bond acceptors (Lipinski definition) is 6. The minimum atomic E-state index is -4.56. The first kappa shape index (κ1) is 17.1. The van der Waals surface area contributed by atoms with Gasteiger partial charge in [0, 0.05) is 31.2 Å². The third kappa shape index (κ3) is 3.25. The standard InChI is InChI=1S/C17H13F3N6O/c18-17(19,20)13-8-11(3-5-21-13)26-7-6-25(9-14(26)27)16-12-2-1-4-22-15(12)23-10-24-16/h1-5,8,10H,6-7,9H2. The highest BCUT2D eigenvalue weighted by atomic mass is 19.4. The van der Waals surface area contributed by atoms with Crippen LogP contribution in [0.5, 0.6) is 0 Å². The number of aromatic nitrogens is 4. The summed E-state index contributed by atoms with van der Waals surface area (Å²) in [4.78, 5) is 31.5. The molecule has 3 aromatic rings. The van der Waals surface area contributed by atoms with Crippen LogP contribution in [0.2, 0.25) is 0 Å². The zero-order chi connectivity index (χ0) is 19.0. The van der Waals surface area contributed by atoms with Gasteiger partial charge in [0.1, 0.15) is 17.8 Å². The lowest BCUT2D eigenvalue weighted by atomic mass is 10.2. The van der Waals surface area contributed by atoms with Gasteiger partial charge in [0.2, 0.25) is 5.91 Å². The number of alkyl halides is 3. The van der Waals surface area contributed by atoms with E-state index in [1.54, 1.807) is 17.2 Å². The molecule has 1 saturated heterocycles. The second kappa shape index (κ2) is 6.45. The first-order chi connectivity index (χ1) is 12.9. The van der Waals surface area contributed by atoms with E-state index in [0.29, 0.717) is 23.4 Å². The molecule has 10 heteroatoms. The normalized spacial score (nSPS) is 15.4. The monoisotopic (exact) mass is 374 g/mol. The van der Waals surface area contributed by atoms with Crippen LogP contribution in [-0.4, -0.2) is 45.5 Å². The Hall–Kier alpha value is -3.30. The summed E-state index contributed by atoms with van der Waals surface area (Å²) < 4.78 is 38.6. The van der Waals surface area contributed by atoms with Gasteiger partial charge < -0.3 is 9.80 Å². The number of anilines is 2. The Labute approximate surface area is 151 Å². The molecule has 4 rings (SSSR count). The van der Waals surface area contributed by atoms with Crippen LogP contribution in [0.15, 0.2) is 43.0 Å². The van der Waals surface area contributed by atoms with Gasteiger partial charge in [-0.1, -0.05) is 0 Å². The van der Waals surface area contributed by atoms with Gasteiger partial charge >= 0.3 is 6.18 Å². The molecule has 0 saturated carbocycles. The van der Waals surface area contributed by atoms with E-state index in [4.69, 9.17) is 0 Å². The van der Waals surface area contributed by atoms with Gasteiger partial charge in [-0.25, -0.2) is 15.0 Å². The van der Waals surface area contributed by atoms with Crippen molar-refractivity contribution in [1.29, 1.82) is 0 Å². The maximum Gasteiger partial charge on any atom is 0.433 e. The summed E-state index contributed by atoms with van der Waals surface area (Å²) >= 11 is 0. The molecule has 3 aromatic heterocycles. The molecule has 4 heterocycles. The van der Waals surface area contributed by atoms with E-state index in [0.717, 1.165) is 12.3 Å². The molecule has 0 aromatic carbocycles. The molecule has 0 N–H and O–H groups in total. The maximum atomic E-state index is 12.9. The predicted octanol–water partition coefficient (Wildman–Crippen LogP) is 2.29. The average molecular weight is 374 g/mol. The number of amides is 1. The summed E-state index contributed by atoms with van der Waals surface area (Å²) in [6.07, 6.45) is -0.515. The lowest BCUT2D eigenvalue weighted by Crippen LogP contribution is -2.51. The van der Waals surface area contributed by atoms with E-state index in [1.807, 2.05) is 6.07 Å². The molecule has 0 atom stereocenters. The molecule has 0 aliphatic carbocycles. The highest BCUT2D eigenvalue weighted by molar-refractivity contribution is 5.99. The molecule has 1 aliphatic heterocycles. The molecule has 0 spiro atoms. The highest BCUT2D eigenvalue weighted by Crippen LogP contribution is 2.31. The van der Waals surface area contributed by atoms with Crippen molar-refractivity contribution < 1.29 is 18.0 Å². The van der Waals surface area contributed by atoms with E-state index in [1.165, 1.54) is 17.3 Å². The second-order valence-electron chi connectivity index (χ2n) is 5.94. The maximum absolute atomic E-state index is 12.9. The average Bonchev–Trinajstić information content (AvgIpc) is 2.67.